The van der Waals surface area contributed by atoms with Crippen LogP contribution in [0.25, 0.3) is 5.65 Å². The molecule has 1 spiro atoms. The average molecular weight is 377 g/mol. The van der Waals surface area contributed by atoms with Crippen LogP contribution in [0.15, 0.2) is 42.7 Å². The number of nitrogen functional groups attached to an aromatic ring is 1. The Morgan fingerprint density at radius 3 is 2.71 bits per heavy atom. The van der Waals surface area contributed by atoms with E-state index in [-0.39, 0.29) is 0 Å². The van der Waals surface area contributed by atoms with Crippen LogP contribution in [-0.4, -0.2) is 57.7 Å². The maximum absolute atomic E-state index is 6.08. The smallest absolute Gasteiger partial charge is 0.209 e. The number of anilines is 2. The van der Waals surface area contributed by atoms with Gasteiger partial charge in [0.1, 0.15) is 12.1 Å². The number of nitrogens with two attached hydrogens (primary N) is 1. The van der Waals surface area contributed by atoms with Crippen LogP contribution >= 0.6 is 0 Å². The fourth-order valence-electron chi connectivity index (χ4n) is 5.19. The minimum atomic E-state index is 0.383. The monoisotopic (exact) mass is 377 g/mol. The summed E-state index contributed by atoms with van der Waals surface area (Å²) in [7, 11) is 2.27. The number of benzene rings is 1. The second-order valence-corrected chi connectivity index (χ2v) is 8.53. The molecule has 2 aliphatic rings. The topological polar surface area (TPSA) is 75.6 Å². The lowest BCUT2D eigenvalue weighted by atomic mass is 9.68. The van der Waals surface area contributed by atoms with Crippen molar-refractivity contribution in [1.29, 1.82) is 0 Å². The SMILES string of the molecule is CN1C[C@H](c2ccccc2)CC2(CCN(c3cc4nncn4c(N)n3)CC2)C1. The van der Waals surface area contributed by atoms with E-state index in [0.29, 0.717) is 17.3 Å². The normalized spacial score (nSPS) is 22.8. The van der Waals surface area contributed by atoms with Crippen molar-refractivity contribution < 1.29 is 0 Å². The van der Waals surface area contributed by atoms with Crippen LogP contribution in [-0.2, 0) is 0 Å². The Balaban J connectivity index is 1.33. The van der Waals surface area contributed by atoms with E-state index >= 15 is 0 Å². The summed E-state index contributed by atoms with van der Waals surface area (Å²) in [4.78, 5) is 9.46. The van der Waals surface area contributed by atoms with Crippen molar-refractivity contribution in [1.82, 2.24) is 24.5 Å². The summed E-state index contributed by atoms with van der Waals surface area (Å²) < 4.78 is 1.72. The average Bonchev–Trinajstić information content (AvgIpc) is 3.18. The Morgan fingerprint density at radius 2 is 1.93 bits per heavy atom. The summed E-state index contributed by atoms with van der Waals surface area (Å²) in [6.07, 6.45) is 5.24. The molecule has 7 heteroatoms. The van der Waals surface area contributed by atoms with Gasteiger partial charge in [-0.2, -0.15) is 4.98 Å². The highest BCUT2D eigenvalue weighted by atomic mass is 15.3. The Kier molecular flexibility index (Phi) is 4.19. The van der Waals surface area contributed by atoms with Gasteiger partial charge in [0.25, 0.3) is 0 Å². The number of aromatic nitrogens is 4. The molecule has 7 nitrogen and oxygen atoms in total. The van der Waals surface area contributed by atoms with Gasteiger partial charge in [-0.05, 0) is 43.2 Å². The summed E-state index contributed by atoms with van der Waals surface area (Å²) in [5.41, 5.74) is 8.70. The van der Waals surface area contributed by atoms with Crippen LogP contribution in [0.5, 0.6) is 0 Å². The second kappa shape index (κ2) is 6.74. The van der Waals surface area contributed by atoms with Gasteiger partial charge >= 0.3 is 0 Å². The first-order chi connectivity index (χ1) is 13.6. The van der Waals surface area contributed by atoms with E-state index in [1.165, 1.54) is 31.4 Å². The van der Waals surface area contributed by atoms with Gasteiger partial charge in [0.15, 0.2) is 5.65 Å². The minimum Gasteiger partial charge on any atom is -0.369 e. The van der Waals surface area contributed by atoms with E-state index in [4.69, 9.17) is 5.73 Å². The molecule has 5 rings (SSSR count). The molecule has 2 aromatic heterocycles. The lowest BCUT2D eigenvalue weighted by Gasteiger charge is -2.49. The molecule has 2 aliphatic heterocycles. The van der Waals surface area contributed by atoms with Gasteiger partial charge in [0.05, 0.1) is 0 Å². The summed E-state index contributed by atoms with van der Waals surface area (Å²) in [5, 5.41) is 8.06. The Hall–Kier alpha value is -2.67. The summed E-state index contributed by atoms with van der Waals surface area (Å²) >= 11 is 0. The molecule has 0 unspecified atom stereocenters. The molecule has 0 saturated carbocycles. The molecule has 0 bridgehead atoms. The van der Waals surface area contributed by atoms with Gasteiger partial charge in [0.2, 0.25) is 5.95 Å². The van der Waals surface area contributed by atoms with Gasteiger partial charge < -0.3 is 15.5 Å². The fourth-order valence-corrected chi connectivity index (χ4v) is 5.19. The highest BCUT2D eigenvalue weighted by molar-refractivity contribution is 5.55. The van der Waals surface area contributed by atoms with Crippen molar-refractivity contribution in [3.05, 3.63) is 48.3 Å². The quantitative estimate of drug-likeness (QED) is 0.739. The molecule has 4 heterocycles. The van der Waals surface area contributed by atoms with Crippen molar-refractivity contribution in [3.8, 4) is 0 Å². The maximum atomic E-state index is 6.08. The van der Waals surface area contributed by atoms with E-state index in [0.717, 1.165) is 31.1 Å². The van der Waals surface area contributed by atoms with Crippen LogP contribution in [0.2, 0.25) is 0 Å². The highest BCUT2D eigenvalue weighted by Crippen LogP contribution is 2.45. The molecule has 0 amide bonds. The fraction of sp³-hybridized carbons (Fsp3) is 0.476. The molecule has 2 saturated heterocycles. The number of hydrogen-bond acceptors (Lipinski definition) is 6. The van der Waals surface area contributed by atoms with Crippen molar-refractivity contribution in [3.63, 3.8) is 0 Å². The van der Waals surface area contributed by atoms with E-state index in [2.05, 4.69) is 62.4 Å². The number of nitrogens with zero attached hydrogens (tertiary/aromatic N) is 6. The molecule has 2 fully saturated rings. The molecule has 28 heavy (non-hydrogen) atoms. The molecule has 1 atom stereocenters. The zero-order valence-corrected chi connectivity index (χ0v) is 16.3. The van der Waals surface area contributed by atoms with Crippen LogP contribution in [0.3, 0.4) is 0 Å². The van der Waals surface area contributed by atoms with Gasteiger partial charge in [0, 0.05) is 32.2 Å². The van der Waals surface area contributed by atoms with Crippen LogP contribution in [0.1, 0.15) is 30.7 Å². The van der Waals surface area contributed by atoms with Gasteiger partial charge in [-0.1, -0.05) is 30.3 Å². The number of likely N-dealkylation sites (tertiary alicyclic amines) is 1. The molecule has 1 aromatic carbocycles. The first kappa shape index (κ1) is 17.4. The Morgan fingerprint density at radius 1 is 1.14 bits per heavy atom. The predicted molar refractivity (Wildman–Crippen MR) is 110 cm³/mol. The van der Waals surface area contributed by atoms with Crippen LogP contribution < -0.4 is 10.6 Å². The standard InChI is InChI=1S/C21H27N7/c1-26-13-17(16-5-3-2-4-6-16)12-21(14-26)7-9-27(10-8-21)18-11-19-25-23-15-28(19)20(22)24-18/h2-6,11,15,17H,7-10,12-14H2,1H3,(H2,22,24)/t17-/m1/s1. The van der Waals surface area contributed by atoms with E-state index in [1.54, 1.807) is 10.7 Å². The third-order valence-electron chi connectivity index (χ3n) is 6.54. The third-order valence-corrected chi connectivity index (χ3v) is 6.54. The first-order valence-electron chi connectivity index (χ1n) is 10.1. The summed E-state index contributed by atoms with van der Waals surface area (Å²) in [6.45, 7) is 4.35. The zero-order valence-electron chi connectivity index (χ0n) is 16.3. The Labute approximate surface area is 165 Å². The van der Waals surface area contributed by atoms with Crippen LogP contribution in [0.4, 0.5) is 11.8 Å². The molecular weight excluding hydrogens is 350 g/mol. The number of likely N-dealkylation sites (N-methyl/N-ethyl adjacent to an activating group) is 1. The molecular formula is C21H27N7. The molecule has 0 aliphatic carbocycles. The van der Waals surface area contributed by atoms with E-state index in [9.17, 15) is 0 Å². The maximum Gasteiger partial charge on any atom is 0.209 e. The van der Waals surface area contributed by atoms with E-state index < -0.39 is 0 Å². The van der Waals surface area contributed by atoms with Crippen molar-refractivity contribution in [2.24, 2.45) is 5.41 Å². The zero-order chi connectivity index (χ0) is 19.1. The molecule has 146 valence electrons. The van der Waals surface area contributed by atoms with Gasteiger partial charge in [-0.15, -0.1) is 10.2 Å². The lowest BCUT2D eigenvalue weighted by Crippen LogP contribution is -2.50. The van der Waals surface area contributed by atoms with Crippen molar-refractivity contribution >= 4 is 17.4 Å². The minimum absolute atomic E-state index is 0.383. The van der Waals surface area contributed by atoms with Crippen LogP contribution in [0, 0.1) is 5.41 Å². The van der Waals surface area contributed by atoms with Crippen molar-refractivity contribution in [2.45, 2.75) is 25.2 Å². The molecule has 0 radical (unpaired) electrons. The van der Waals surface area contributed by atoms with Gasteiger partial charge in [-0.3, -0.25) is 4.40 Å². The first-order valence-corrected chi connectivity index (χ1v) is 10.1. The lowest BCUT2D eigenvalue weighted by molar-refractivity contribution is 0.0671. The molecule has 3 aromatic rings. The third kappa shape index (κ3) is 3.09. The number of hydrogen-bond donors (Lipinski definition) is 1. The highest BCUT2D eigenvalue weighted by Gasteiger charge is 2.41. The van der Waals surface area contributed by atoms with Gasteiger partial charge in [-0.25, -0.2) is 0 Å². The number of rotatable bonds is 2. The summed E-state index contributed by atoms with van der Waals surface area (Å²) in [6, 6.07) is 13.0. The molecule has 2 N–H and O–H groups in total. The largest absolute Gasteiger partial charge is 0.369 e. The van der Waals surface area contributed by atoms with E-state index in [1.807, 2.05) is 6.07 Å². The summed E-state index contributed by atoms with van der Waals surface area (Å²) in [5.74, 6) is 1.98. The predicted octanol–water partition coefficient (Wildman–Crippen LogP) is 2.41. The van der Waals surface area contributed by atoms with Crippen molar-refractivity contribution in [2.75, 3.05) is 43.9 Å². The Bertz CT molecular complexity index is 959. The second-order valence-electron chi connectivity index (χ2n) is 8.53. The number of fused-ring (bicyclic) bond motifs is 1. The number of piperidine rings is 2.